The van der Waals surface area contributed by atoms with E-state index in [4.69, 9.17) is 4.55 Å². The summed E-state index contributed by atoms with van der Waals surface area (Å²) in [5.74, 6) is 0. The molecule has 2 rings (SSSR count). The number of rotatable bonds is 1. The summed E-state index contributed by atoms with van der Waals surface area (Å²) in [4.78, 5) is 0.00755. The van der Waals surface area contributed by atoms with Crippen molar-refractivity contribution in [3.63, 3.8) is 0 Å². The average molecular weight is 215 g/mol. The van der Waals surface area contributed by atoms with E-state index in [1.54, 1.807) is 12.1 Å². The average Bonchev–Trinajstić information content (AvgIpc) is 2.47. The number of fused-ring (bicyclic) bond motifs is 1. The van der Waals surface area contributed by atoms with Crippen molar-refractivity contribution in [3.05, 3.63) is 29.3 Å². The summed E-state index contributed by atoms with van der Waals surface area (Å²) < 4.78 is 30.4. The predicted molar refractivity (Wildman–Crippen MR) is 53.3 cm³/mol. The third-order valence-corrected chi connectivity index (χ3v) is 3.22. The molecule has 0 spiro atoms. The molecule has 0 saturated heterocycles. The number of hydrogen-bond acceptors (Lipinski definition) is 3. The van der Waals surface area contributed by atoms with Gasteiger partial charge in [-0.1, -0.05) is 6.07 Å². The van der Waals surface area contributed by atoms with Gasteiger partial charge in [-0.25, -0.2) is 0 Å². The number of hydrogen-bond donors (Lipinski definition) is 2. The minimum atomic E-state index is -4.02. The van der Waals surface area contributed by atoms with Gasteiger partial charge in [-0.2, -0.15) is 8.42 Å². The Labute approximate surface area is 83.3 Å². The summed E-state index contributed by atoms with van der Waals surface area (Å²) in [6.07, 6.45) is 3.00. The first-order valence-electron chi connectivity index (χ1n) is 4.17. The minimum Gasteiger partial charge on any atom is -0.344 e. The minimum absolute atomic E-state index is 0. The van der Waals surface area contributed by atoms with E-state index in [2.05, 4.69) is 0 Å². The molecule has 1 aromatic rings. The van der Waals surface area contributed by atoms with Crippen molar-refractivity contribution in [2.45, 2.75) is 24.2 Å². The maximum atomic E-state index is 10.8. The van der Waals surface area contributed by atoms with Gasteiger partial charge in [0.15, 0.2) is 0 Å². The van der Waals surface area contributed by atoms with E-state index in [1.165, 1.54) is 11.6 Å². The maximum absolute atomic E-state index is 10.8. The van der Waals surface area contributed by atoms with Crippen LogP contribution in [0.4, 0.5) is 0 Å². The first kappa shape index (κ1) is 11.2. The summed E-state index contributed by atoms with van der Waals surface area (Å²) >= 11 is 0. The molecule has 0 unspecified atom stereocenters. The van der Waals surface area contributed by atoms with Gasteiger partial charge >= 0.3 is 0 Å². The van der Waals surface area contributed by atoms with Crippen LogP contribution in [0.25, 0.3) is 0 Å². The number of benzene rings is 1. The van der Waals surface area contributed by atoms with Crippen LogP contribution >= 0.6 is 0 Å². The molecule has 0 aliphatic heterocycles. The van der Waals surface area contributed by atoms with Crippen LogP contribution in [0.5, 0.6) is 0 Å². The van der Waals surface area contributed by atoms with Gasteiger partial charge in [0.05, 0.1) is 4.90 Å². The zero-order chi connectivity index (χ0) is 9.47. The third kappa shape index (κ3) is 1.95. The Morgan fingerprint density at radius 2 is 1.79 bits per heavy atom. The van der Waals surface area contributed by atoms with Crippen LogP contribution < -0.4 is 6.15 Å². The Morgan fingerprint density at radius 3 is 2.43 bits per heavy atom. The molecule has 0 heterocycles. The van der Waals surface area contributed by atoms with Gasteiger partial charge < -0.3 is 6.15 Å². The second kappa shape index (κ2) is 3.68. The SMILES string of the molecule is N.O=S(=O)(O)c1ccc2c(c1)CCC2. The molecule has 78 valence electrons. The monoisotopic (exact) mass is 215 g/mol. The molecule has 1 aliphatic rings. The lowest BCUT2D eigenvalue weighted by atomic mass is 10.1. The molecule has 0 radical (unpaired) electrons. The Hall–Kier alpha value is -0.910. The van der Waals surface area contributed by atoms with Crippen molar-refractivity contribution in [2.24, 2.45) is 0 Å². The highest BCUT2D eigenvalue weighted by Gasteiger charge is 2.15. The molecule has 4 N–H and O–H groups in total. The molecule has 0 bridgehead atoms. The van der Waals surface area contributed by atoms with Gasteiger partial charge in [0.1, 0.15) is 0 Å². The number of aryl methyl sites for hydroxylation is 2. The molecule has 0 saturated carbocycles. The summed E-state index contributed by atoms with van der Waals surface area (Å²) in [6.45, 7) is 0. The first-order valence-corrected chi connectivity index (χ1v) is 5.61. The van der Waals surface area contributed by atoms with Crippen molar-refractivity contribution in [1.82, 2.24) is 6.15 Å². The van der Waals surface area contributed by atoms with E-state index < -0.39 is 10.1 Å². The molecule has 0 amide bonds. The largest absolute Gasteiger partial charge is 0.344 e. The van der Waals surface area contributed by atoms with E-state index in [1.807, 2.05) is 0 Å². The van der Waals surface area contributed by atoms with Crippen LogP contribution in [0, 0.1) is 0 Å². The van der Waals surface area contributed by atoms with Crippen molar-refractivity contribution >= 4 is 10.1 Å². The first-order chi connectivity index (χ1) is 6.07. The molecule has 0 fully saturated rings. The lowest BCUT2D eigenvalue weighted by Crippen LogP contribution is -1.98. The van der Waals surface area contributed by atoms with Crippen LogP contribution in [-0.2, 0) is 23.0 Å². The molecule has 4 nitrogen and oxygen atoms in total. The zero-order valence-electron chi connectivity index (χ0n) is 7.73. The Balaban J connectivity index is 0.000000980. The summed E-state index contributed by atoms with van der Waals surface area (Å²) in [6, 6.07) is 4.81. The molecular formula is C9H13NO3S. The van der Waals surface area contributed by atoms with Crippen molar-refractivity contribution in [3.8, 4) is 0 Å². The highest BCUT2D eigenvalue weighted by molar-refractivity contribution is 7.85. The summed E-state index contributed by atoms with van der Waals surface area (Å²) in [5, 5.41) is 0. The van der Waals surface area contributed by atoms with Crippen LogP contribution in [0.15, 0.2) is 23.1 Å². The third-order valence-electron chi connectivity index (χ3n) is 2.37. The highest BCUT2D eigenvalue weighted by Crippen LogP contribution is 2.24. The Morgan fingerprint density at radius 1 is 1.14 bits per heavy atom. The molecule has 5 heteroatoms. The second-order valence-corrected chi connectivity index (χ2v) is 4.68. The highest BCUT2D eigenvalue weighted by atomic mass is 32.2. The fraction of sp³-hybridized carbons (Fsp3) is 0.333. The van der Waals surface area contributed by atoms with Gasteiger partial charge in [0, 0.05) is 0 Å². The normalized spacial score (nSPS) is 14.6. The van der Waals surface area contributed by atoms with Crippen molar-refractivity contribution < 1.29 is 13.0 Å². The van der Waals surface area contributed by atoms with E-state index in [-0.39, 0.29) is 11.0 Å². The lowest BCUT2D eigenvalue weighted by Gasteiger charge is -2.01. The summed E-state index contributed by atoms with van der Waals surface area (Å²) in [5.41, 5.74) is 2.25. The quantitative estimate of drug-likeness (QED) is 0.696. The molecule has 1 aliphatic carbocycles. The molecule has 0 atom stereocenters. The second-order valence-electron chi connectivity index (χ2n) is 3.26. The predicted octanol–water partition coefficient (Wildman–Crippen LogP) is 1.58. The smallest absolute Gasteiger partial charge is 0.294 e. The van der Waals surface area contributed by atoms with Gasteiger partial charge in [0.2, 0.25) is 0 Å². The lowest BCUT2D eigenvalue weighted by molar-refractivity contribution is 0.483. The van der Waals surface area contributed by atoms with E-state index in [0.29, 0.717) is 0 Å². The molecule has 0 aromatic heterocycles. The van der Waals surface area contributed by atoms with Crippen molar-refractivity contribution in [2.75, 3.05) is 0 Å². The van der Waals surface area contributed by atoms with Gasteiger partial charge in [-0.3, -0.25) is 4.55 Å². The Kier molecular flexibility index (Phi) is 2.94. The van der Waals surface area contributed by atoms with Crippen molar-refractivity contribution in [1.29, 1.82) is 0 Å². The molecule has 14 heavy (non-hydrogen) atoms. The summed E-state index contributed by atoms with van der Waals surface area (Å²) in [7, 11) is -4.02. The standard InChI is InChI=1S/C9H10O3S.H3N/c10-13(11,12)9-5-4-7-2-1-3-8(7)6-9;/h4-6H,1-3H2,(H,10,11,12);1H3. The van der Waals surface area contributed by atoms with Gasteiger partial charge in [0.25, 0.3) is 10.1 Å². The maximum Gasteiger partial charge on any atom is 0.294 e. The Bertz CT molecular complexity index is 439. The molecular weight excluding hydrogens is 202 g/mol. The van der Waals surface area contributed by atoms with Crippen LogP contribution in [-0.4, -0.2) is 13.0 Å². The van der Waals surface area contributed by atoms with Gasteiger partial charge in [-0.05, 0) is 42.5 Å². The van der Waals surface area contributed by atoms with Crippen LogP contribution in [0.2, 0.25) is 0 Å². The zero-order valence-corrected chi connectivity index (χ0v) is 8.55. The topological polar surface area (TPSA) is 89.4 Å². The fourth-order valence-corrected chi connectivity index (χ4v) is 2.24. The van der Waals surface area contributed by atoms with Gasteiger partial charge in [-0.15, -0.1) is 0 Å². The van der Waals surface area contributed by atoms with E-state index in [9.17, 15) is 8.42 Å². The van der Waals surface area contributed by atoms with Crippen LogP contribution in [0.1, 0.15) is 17.5 Å². The van der Waals surface area contributed by atoms with Crippen LogP contribution in [0.3, 0.4) is 0 Å². The molecule has 1 aromatic carbocycles. The fourth-order valence-electron chi connectivity index (χ4n) is 1.71. The van der Waals surface area contributed by atoms with E-state index in [0.717, 1.165) is 24.8 Å². The van der Waals surface area contributed by atoms with E-state index >= 15 is 0 Å².